The van der Waals surface area contributed by atoms with Crippen molar-refractivity contribution in [3.63, 3.8) is 0 Å². The van der Waals surface area contributed by atoms with Gasteiger partial charge in [0.1, 0.15) is 0 Å². The quantitative estimate of drug-likeness (QED) is 0.158. The number of para-hydroxylation sites is 6. The highest BCUT2D eigenvalue weighted by molar-refractivity contribution is 9.11. The van der Waals surface area contributed by atoms with E-state index in [9.17, 15) is 0 Å². The molecular weight excluding hydrogens is 1540 g/mol. The molecule has 105 heavy (non-hydrogen) atoms. The van der Waals surface area contributed by atoms with E-state index in [-0.39, 0.29) is 5.41 Å². The van der Waals surface area contributed by atoms with E-state index in [2.05, 4.69) is 448 Å². The fourth-order valence-electron chi connectivity index (χ4n) is 16.0. The molecule has 8 heteroatoms. The van der Waals surface area contributed by atoms with E-state index in [0.29, 0.717) is 0 Å². The van der Waals surface area contributed by atoms with Crippen molar-refractivity contribution >= 4 is 162 Å². The topological polar surface area (TPSA) is 19.7 Å². The summed E-state index contributed by atoms with van der Waals surface area (Å²) in [5.74, 6) is 0. The maximum atomic E-state index is 3.58. The van der Waals surface area contributed by atoms with Gasteiger partial charge in [0.15, 0.2) is 0 Å². The molecule has 4 nitrogen and oxygen atoms in total. The Morgan fingerprint density at radius 2 is 0.590 bits per heavy atom. The minimum atomic E-state index is 0.00105. The summed E-state index contributed by atoms with van der Waals surface area (Å²) >= 11 is 14.3. The third kappa shape index (κ3) is 11.9. The van der Waals surface area contributed by atoms with Crippen LogP contribution in [-0.4, -0.2) is 18.3 Å². The number of nitrogens with zero attached hydrogens (tertiary/aromatic N) is 4. The van der Waals surface area contributed by atoms with Crippen LogP contribution in [0.4, 0.5) is 0 Å². The van der Waals surface area contributed by atoms with Gasteiger partial charge in [0, 0.05) is 89.1 Å². The summed E-state index contributed by atoms with van der Waals surface area (Å²) in [5, 5.41) is 12.9. The molecule has 20 aromatic rings. The highest BCUT2D eigenvalue weighted by atomic mass is 79.9. The standard InChI is InChI=1S/C37H26BrN.C24H16BrN.2C18H12BrN/c1-37(2)32-10-6-5-9-29(32)30-22-27(17-18-33(30)37)39-34-19-14-25(23-11-15-26(38)16-12-23)21-31(34)36-28-8-4-3-7-24(28)13-20-35(36)39;25-19-13-10-17(11-14-19)18-12-15-22-21-8-4-5-9-23(21)26(24(22)16-18)20-6-2-1-3-7-20;19-13-10-11-18-16(12-13)15-8-4-5-9-17(15)20(18)14-6-2-1-3-7-14;19-13-10-11-16-15-8-4-5-9-17(15)20(18(16)12-13)14-6-2-1-3-7-14/h3-22H,1-2H3;1-16H;2*1-12H. The van der Waals surface area contributed by atoms with Gasteiger partial charge >= 0.3 is 0 Å². The van der Waals surface area contributed by atoms with Crippen LogP contribution in [0.1, 0.15) is 25.0 Å². The Hall–Kier alpha value is -11.1. The van der Waals surface area contributed by atoms with Gasteiger partial charge in [-0.25, -0.2) is 0 Å². The van der Waals surface area contributed by atoms with Crippen LogP contribution in [0, 0.1) is 0 Å². The van der Waals surface area contributed by atoms with Gasteiger partial charge in [-0.3, -0.25) is 0 Å². The molecule has 0 aliphatic heterocycles. The van der Waals surface area contributed by atoms with Crippen LogP contribution in [0.15, 0.2) is 382 Å². The molecule has 4 heterocycles. The normalized spacial score (nSPS) is 12.2. The number of rotatable bonds is 6. The van der Waals surface area contributed by atoms with E-state index in [1.807, 2.05) is 12.1 Å². The van der Waals surface area contributed by atoms with Gasteiger partial charge in [-0.1, -0.05) is 296 Å². The molecule has 1 aliphatic rings. The monoisotopic (exact) mass is 1600 g/mol. The second-order valence-electron chi connectivity index (χ2n) is 27.3. The van der Waals surface area contributed by atoms with E-state index in [0.717, 1.165) is 17.9 Å². The second-order valence-corrected chi connectivity index (χ2v) is 30.9. The molecule has 21 rings (SSSR count). The molecule has 0 bridgehead atoms. The minimum absolute atomic E-state index is 0.00105. The average molecular weight is 1610 g/mol. The minimum Gasteiger partial charge on any atom is -0.309 e. The highest BCUT2D eigenvalue weighted by Crippen LogP contribution is 2.50. The van der Waals surface area contributed by atoms with Gasteiger partial charge in [0.05, 0.1) is 44.1 Å². The van der Waals surface area contributed by atoms with Crippen LogP contribution in [0.5, 0.6) is 0 Å². The van der Waals surface area contributed by atoms with Crippen molar-refractivity contribution in [2.24, 2.45) is 0 Å². The van der Waals surface area contributed by atoms with E-state index in [4.69, 9.17) is 0 Å². The maximum absolute atomic E-state index is 3.58. The number of halogens is 4. The van der Waals surface area contributed by atoms with E-state index in [1.54, 1.807) is 0 Å². The zero-order valence-corrected chi connectivity index (χ0v) is 63.8. The predicted octanol–water partition coefficient (Wildman–Crippen LogP) is 29.0. The smallest absolute Gasteiger partial charge is 0.0552 e. The van der Waals surface area contributed by atoms with Crippen LogP contribution in [0.25, 0.3) is 154 Å². The van der Waals surface area contributed by atoms with Crippen LogP contribution >= 0.6 is 63.7 Å². The first-order valence-electron chi connectivity index (χ1n) is 35.3. The van der Waals surface area contributed by atoms with Crippen molar-refractivity contribution in [3.8, 4) is 56.1 Å². The summed E-state index contributed by atoms with van der Waals surface area (Å²) in [6, 6.07) is 130. The first-order valence-corrected chi connectivity index (χ1v) is 38.5. The zero-order chi connectivity index (χ0) is 70.9. The van der Waals surface area contributed by atoms with Crippen LogP contribution < -0.4 is 0 Å². The molecule has 0 spiro atoms. The zero-order valence-electron chi connectivity index (χ0n) is 57.4. The molecule has 0 N–H and O–H groups in total. The van der Waals surface area contributed by atoms with Gasteiger partial charge < -0.3 is 18.3 Å². The first kappa shape index (κ1) is 65.9. The van der Waals surface area contributed by atoms with E-state index < -0.39 is 0 Å². The summed E-state index contributed by atoms with van der Waals surface area (Å²) in [6.45, 7) is 4.68. The Labute approximate surface area is 642 Å². The Morgan fingerprint density at radius 3 is 1.19 bits per heavy atom. The molecule has 4 aromatic heterocycles. The Bertz CT molecular complexity index is 6700. The lowest BCUT2D eigenvalue weighted by Gasteiger charge is -2.21. The second kappa shape index (κ2) is 27.5. The number of benzene rings is 16. The van der Waals surface area contributed by atoms with Gasteiger partial charge in [-0.15, -0.1) is 0 Å². The molecular formula is C97H66Br4N4. The number of hydrogen-bond donors (Lipinski definition) is 0. The van der Waals surface area contributed by atoms with Gasteiger partial charge in [0.25, 0.3) is 0 Å². The molecule has 0 fully saturated rings. The molecule has 0 amide bonds. The number of hydrogen-bond acceptors (Lipinski definition) is 0. The van der Waals surface area contributed by atoms with E-state index >= 15 is 0 Å². The average Bonchev–Trinajstić information content (AvgIpc) is 1.56. The summed E-state index contributed by atoms with van der Waals surface area (Å²) in [4.78, 5) is 0. The number of aromatic nitrogens is 4. The fourth-order valence-corrected chi connectivity index (χ4v) is 17.2. The summed E-state index contributed by atoms with van der Waals surface area (Å²) in [7, 11) is 0. The van der Waals surface area contributed by atoms with Crippen LogP contribution in [0.3, 0.4) is 0 Å². The lowest BCUT2D eigenvalue weighted by molar-refractivity contribution is 0.660. The first-order chi connectivity index (χ1) is 51.5. The lowest BCUT2D eigenvalue weighted by Crippen LogP contribution is -2.14. The summed E-state index contributed by atoms with van der Waals surface area (Å²) < 4.78 is 13.8. The summed E-state index contributed by atoms with van der Waals surface area (Å²) in [6.07, 6.45) is 0. The van der Waals surface area contributed by atoms with Crippen LogP contribution in [-0.2, 0) is 5.41 Å². The molecule has 0 radical (unpaired) electrons. The highest BCUT2D eigenvalue weighted by Gasteiger charge is 2.35. The Kier molecular flexibility index (Phi) is 17.3. The van der Waals surface area contributed by atoms with Crippen molar-refractivity contribution in [3.05, 3.63) is 393 Å². The molecule has 0 unspecified atom stereocenters. The predicted molar refractivity (Wildman–Crippen MR) is 460 cm³/mol. The molecule has 0 saturated heterocycles. The SMILES string of the molecule is Brc1ccc(-c2ccc3c4ccccc4n(-c4ccccc4)c3c2)cc1.Brc1ccc2c(c1)c1ccccc1n2-c1ccccc1.Brc1ccc2c3ccccc3n(-c3ccccc3)c2c1.CC1(C)c2ccccc2-c2cc(-n3c4ccc(-c5ccc(Br)cc5)cc4c4c5ccccc5ccc43)ccc21. The van der Waals surface area contributed by atoms with Crippen molar-refractivity contribution in [2.45, 2.75) is 19.3 Å². The third-order valence-electron chi connectivity index (χ3n) is 20.8. The van der Waals surface area contributed by atoms with Crippen LogP contribution in [0.2, 0.25) is 0 Å². The molecule has 16 aromatic carbocycles. The third-order valence-corrected chi connectivity index (χ3v) is 22.9. The Morgan fingerprint density at radius 1 is 0.210 bits per heavy atom. The van der Waals surface area contributed by atoms with E-state index in [1.165, 1.54) is 165 Å². The molecule has 0 atom stereocenters. The van der Waals surface area contributed by atoms with Crippen molar-refractivity contribution < 1.29 is 0 Å². The maximum Gasteiger partial charge on any atom is 0.0552 e. The Balaban J connectivity index is 0.000000104. The van der Waals surface area contributed by atoms with Crippen molar-refractivity contribution in [1.29, 1.82) is 0 Å². The molecule has 0 saturated carbocycles. The van der Waals surface area contributed by atoms with Crippen molar-refractivity contribution in [2.75, 3.05) is 0 Å². The van der Waals surface area contributed by atoms with Gasteiger partial charge in [-0.2, -0.15) is 0 Å². The molecule has 1 aliphatic carbocycles. The number of fused-ring (bicyclic) bond motifs is 17. The fraction of sp³-hybridized carbons (Fsp3) is 0.0309. The largest absolute Gasteiger partial charge is 0.309 e. The molecule has 502 valence electrons. The van der Waals surface area contributed by atoms with Gasteiger partial charge in [-0.05, 0) is 201 Å². The van der Waals surface area contributed by atoms with Crippen molar-refractivity contribution in [1.82, 2.24) is 18.3 Å². The summed E-state index contributed by atoms with van der Waals surface area (Å²) in [5.41, 5.74) is 25.1. The van der Waals surface area contributed by atoms with Gasteiger partial charge in [0.2, 0.25) is 0 Å². The lowest BCUT2D eigenvalue weighted by atomic mass is 9.82.